The van der Waals surface area contributed by atoms with Gasteiger partial charge in [0, 0.05) is 11.4 Å². The van der Waals surface area contributed by atoms with Crippen molar-refractivity contribution in [2.24, 2.45) is 0 Å². The van der Waals surface area contributed by atoms with Gasteiger partial charge in [0.15, 0.2) is 0 Å². The fourth-order valence-corrected chi connectivity index (χ4v) is 1.35. The minimum atomic E-state index is -0.131. The molecule has 0 aliphatic carbocycles. The van der Waals surface area contributed by atoms with Crippen LogP contribution in [-0.4, -0.2) is 17.4 Å². The highest BCUT2D eigenvalue weighted by Gasteiger charge is 2.09. The molecule has 1 amide bonds. The molecule has 12 heavy (non-hydrogen) atoms. The fraction of sp³-hybridized carbons (Fsp3) is 0.250. The highest BCUT2D eigenvalue weighted by Crippen LogP contribution is 2.10. The molecule has 1 aromatic heterocycles. The zero-order valence-corrected chi connectivity index (χ0v) is 7.65. The van der Waals surface area contributed by atoms with Gasteiger partial charge < -0.3 is 5.32 Å². The second-order valence-electron chi connectivity index (χ2n) is 2.26. The molecule has 0 bridgehead atoms. The maximum Gasteiger partial charge on any atom is 0.271 e. The molecule has 1 rings (SSSR count). The monoisotopic (exact) mass is 182 g/mol. The van der Waals surface area contributed by atoms with Gasteiger partial charge in [-0.25, -0.2) is 4.98 Å². The molecule has 0 aliphatic rings. The Balaban J connectivity index is 2.65. The van der Waals surface area contributed by atoms with Crippen molar-refractivity contribution >= 4 is 17.2 Å². The number of rotatable bonds is 3. The molecular weight excluding hydrogens is 172 g/mol. The normalized spacial score (nSPS) is 9.42. The number of carbonyl (C=O) groups excluding carboxylic acids is 1. The third kappa shape index (κ3) is 1.92. The van der Waals surface area contributed by atoms with Crippen LogP contribution >= 0.6 is 11.3 Å². The van der Waals surface area contributed by atoms with Gasteiger partial charge in [-0.1, -0.05) is 6.08 Å². The molecule has 1 heterocycles. The summed E-state index contributed by atoms with van der Waals surface area (Å²) in [6, 6.07) is 0. The van der Waals surface area contributed by atoms with E-state index in [0.29, 0.717) is 12.2 Å². The highest BCUT2D eigenvalue weighted by molar-refractivity contribution is 7.09. The van der Waals surface area contributed by atoms with Gasteiger partial charge >= 0.3 is 0 Å². The van der Waals surface area contributed by atoms with Crippen LogP contribution in [-0.2, 0) is 0 Å². The van der Waals surface area contributed by atoms with Crippen LogP contribution < -0.4 is 5.32 Å². The lowest BCUT2D eigenvalue weighted by Gasteiger charge is -1.98. The predicted octanol–water partition coefficient (Wildman–Crippen LogP) is 1.37. The van der Waals surface area contributed by atoms with E-state index in [2.05, 4.69) is 16.9 Å². The number of amides is 1. The molecule has 64 valence electrons. The van der Waals surface area contributed by atoms with Crippen molar-refractivity contribution in [2.45, 2.75) is 6.92 Å². The summed E-state index contributed by atoms with van der Waals surface area (Å²) < 4.78 is 0. The smallest absolute Gasteiger partial charge is 0.271 e. The second-order valence-corrected chi connectivity index (χ2v) is 3.31. The summed E-state index contributed by atoms with van der Waals surface area (Å²) in [6.07, 6.45) is 1.64. The lowest BCUT2D eigenvalue weighted by molar-refractivity contribution is 0.0953. The minimum Gasteiger partial charge on any atom is -0.347 e. The number of thiazole rings is 1. The van der Waals surface area contributed by atoms with E-state index in [1.54, 1.807) is 11.6 Å². The van der Waals surface area contributed by atoms with Crippen molar-refractivity contribution in [2.75, 3.05) is 6.54 Å². The van der Waals surface area contributed by atoms with Gasteiger partial charge in [-0.05, 0) is 6.92 Å². The molecule has 1 N–H and O–H groups in total. The molecule has 0 saturated carbocycles. The lowest BCUT2D eigenvalue weighted by atomic mass is 10.3. The number of hydrogen-bond donors (Lipinski definition) is 1. The molecule has 0 aliphatic heterocycles. The molecule has 0 saturated heterocycles. The van der Waals surface area contributed by atoms with Crippen LogP contribution in [0.25, 0.3) is 0 Å². The van der Waals surface area contributed by atoms with Crippen molar-refractivity contribution < 1.29 is 4.79 Å². The van der Waals surface area contributed by atoms with Crippen molar-refractivity contribution in [1.29, 1.82) is 0 Å². The van der Waals surface area contributed by atoms with Crippen LogP contribution in [0.15, 0.2) is 18.2 Å². The van der Waals surface area contributed by atoms with E-state index in [9.17, 15) is 4.79 Å². The molecular formula is C8H10N2OS. The Kier molecular flexibility index (Phi) is 2.99. The standard InChI is InChI=1S/C8H10N2OS/c1-3-4-9-8(11)7-6(2)12-5-10-7/h3,5H,1,4H2,2H3,(H,9,11). The zero-order chi connectivity index (χ0) is 8.97. The van der Waals surface area contributed by atoms with Crippen LogP contribution in [0.3, 0.4) is 0 Å². The summed E-state index contributed by atoms with van der Waals surface area (Å²) >= 11 is 1.47. The number of aromatic nitrogens is 1. The summed E-state index contributed by atoms with van der Waals surface area (Å²) in [5.41, 5.74) is 2.18. The van der Waals surface area contributed by atoms with E-state index in [-0.39, 0.29) is 5.91 Å². The number of carbonyl (C=O) groups is 1. The summed E-state index contributed by atoms with van der Waals surface area (Å²) in [4.78, 5) is 16.2. The summed E-state index contributed by atoms with van der Waals surface area (Å²) in [7, 11) is 0. The minimum absolute atomic E-state index is 0.131. The quantitative estimate of drug-likeness (QED) is 0.717. The molecule has 0 aromatic carbocycles. The average molecular weight is 182 g/mol. The van der Waals surface area contributed by atoms with E-state index in [4.69, 9.17) is 0 Å². The SMILES string of the molecule is C=CCNC(=O)c1ncsc1C. The first kappa shape index (κ1) is 8.93. The Morgan fingerprint density at radius 3 is 3.17 bits per heavy atom. The van der Waals surface area contributed by atoms with Gasteiger partial charge in [0.05, 0.1) is 5.51 Å². The maximum absolute atomic E-state index is 11.3. The lowest BCUT2D eigenvalue weighted by Crippen LogP contribution is -2.24. The van der Waals surface area contributed by atoms with Crippen LogP contribution in [0.2, 0.25) is 0 Å². The van der Waals surface area contributed by atoms with Crippen molar-refractivity contribution in [3.63, 3.8) is 0 Å². The van der Waals surface area contributed by atoms with Crippen molar-refractivity contribution in [3.8, 4) is 0 Å². The van der Waals surface area contributed by atoms with Crippen molar-refractivity contribution in [1.82, 2.24) is 10.3 Å². The predicted molar refractivity (Wildman–Crippen MR) is 49.4 cm³/mol. The molecule has 0 radical (unpaired) electrons. The Bertz CT molecular complexity index is 293. The average Bonchev–Trinajstić information content (AvgIpc) is 2.47. The first-order valence-corrected chi connectivity index (χ1v) is 4.43. The van der Waals surface area contributed by atoms with Gasteiger partial charge in [-0.15, -0.1) is 17.9 Å². The molecule has 3 nitrogen and oxygen atoms in total. The number of hydrogen-bond acceptors (Lipinski definition) is 3. The van der Waals surface area contributed by atoms with Crippen LogP contribution in [0.1, 0.15) is 15.4 Å². The van der Waals surface area contributed by atoms with E-state index in [0.717, 1.165) is 4.88 Å². The van der Waals surface area contributed by atoms with Gasteiger partial charge in [0.2, 0.25) is 0 Å². The van der Waals surface area contributed by atoms with Gasteiger partial charge in [-0.2, -0.15) is 0 Å². The molecule has 0 atom stereocenters. The number of nitrogens with one attached hydrogen (secondary N) is 1. The molecule has 4 heteroatoms. The summed E-state index contributed by atoms with van der Waals surface area (Å²) in [5, 5.41) is 2.66. The van der Waals surface area contributed by atoms with E-state index in [1.165, 1.54) is 11.3 Å². The van der Waals surface area contributed by atoms with Gasteiger partial charge in [-0.3, -0.25) is 4.79 Å². The topological polar surface area (TPSA) is 42.0 Å². The number of nitrogens with zero attached hydrogens (tertiary/aromatic N) is 1. The Morgan fingerprint density at radius 2 is 2.67 bits per heavy atom. The third-order valence-electron chi connectivity index (χ3n) is 1.37. The molecule has 1 aromatic rings. The van der Waals surface area contributed by atoms with Crippen molar-refractivity contribution in [3.05, 3.63) is 28.7 Å². The first-order valence-electron chi connectivity index (χ1n) is 3.55. The van der Waals surface area contributed by atoms with Crippen LogP contribution in [0.5, 0.6) is 0 Å². The summed E-state index contributed by atoms with van der Waals surface area (Å²) in [5.74, 6) is -0.131. The molecule has 0 unspecified atom stereocenters. The van der Waals surface area contributed by atoms with E-state index < -0.39 is 0 Å². The maximum atomic E-state index is 11.3. The largest absolute Gasteiger partial charge is 0.347 e. The highest BCUT2D eigenvalue weighted by atomic mass is 32.1. The zero-order valence-electron chi connectivity index (χ0n) is 6.83. The Morgan fingerprint density at radius 1 is 1.92 bits per heavy atom. The Hall–Kier alpha value is -1.16. The van der Waals surface area contributed by atoms with E-state index >= 15 is 0 Å². The molecule has 0 spiro atoms. The van der Waals surface area contributed by atoms with Crippen LogP contribution in [0.4, 0.5) is 0 Å². The van der Waals surface area contributed by atoms with Gasteiger partial charge in [0.25, 0.3) is 5.91 Å². The second kappa shape index (κ2) is 4.01. The fourth-order valence-electron chi connectivity index (χ4n) is 0.772. The third-order valence-corrected chi connectivity index (χ3v) is 2.12. The van der Waals surface area contributed by atoms with Crippen LogP contribution in [0, 0.1) is 6.92 Å². The molecule has 0 fully saturated rings. The Labute approximate surface area is 75.1 Å². The van der Waals surface area contributed by atoms with E-state index in [1.807, 2.05) is 6.92 Å². The summed E-state index contributed by atoms with van der Waals surface area (Å²) in [6.45, 7) is 5.86. The first-order chi connectivity index (χ1) is 5.75. The number of aryl methyl sites for hydroxylation is 1. The van der Waals surface area contributed by atoms with Gasteiger partial charge in [0.1, 0.15) is 5.69 Å².